The number of aryl methyl sites for hydroxylation is 1. The molecule has 29 heavy (non-hydrogen) atoms. The molecule has 1 N–H and O–H groups in total. The van der Waals surface area contributed by atoms with Gasteiger partial charge in [-0.3, -0.25) is 14.2 Å². The molecule has 0 spiro atoms. The largest absolute Gasteiger partial charge is 0.438 e. The van der Waals surface area contributed by atoms with E-state index in [-0.39, 0.29) is 17.6 Å². The normalized spacial score (nSPS) is 12.7. The highest BCUT2D eigenvalue weighted by atomic mass is 19.4. The Bertz CT molecular complexity index is 1090. The molecule has 0 saturated carbocycles. The summed E-state index contributed by atoms with van der Waals surface area (Å²) < 4.78 is 40.7. The first-order valence-corrected chi connectivity index (χ1v) is 9.16. The van der Waals surface area contributed by atoms with Crippen LogP contribution in [0.5, 0.6) is 0 Å². The van der Waals surface area contributed by atoms with Gasteiger partial charge in [-0.15, -0.1) is 0 Å². The number of alkyl halides is 3. The third kappa shape index (κ3) is 4.31. The van der Waals surface area contributed by atoms with Gasteiger partial charge < -0.3 is 5.32 Å². The first-order chi connectivity index (χ1) is 13.7. The number of nitrogens with one attached hydrogen (secondary N) is 1. The predicted octanol–water partition coefficient (Wildman–Crippen LogP) is 3.86. The fourth-order valence-electron chi connectivity index (χ4n) is 3.07. The summed E-state index contributed by atoms with van der Waals surface area (Å²) in [4.78, 5) is 28.6. The van der Waals surface area contributed by atoms with Gasteiger partial charge in [-0.1, -0.05) is 43.3 Å². The smallest absolute Gasteiger partial charge is 0.350 e. The zero-order valence-corrected chi connectivity index (χ0v) is 16.0. The van der Waals surface area contributed by atoms with Crippen molar-refractivity contribution in [3.8, 4) is 0 Å². The Balaban J connectivity index is 1.92. The number of aromatic nitrogens is 2. The average Bonchev–Trinajstić information content (AvgIpc) is 2.70. The minimum atomic E-state index is -4.92. The standard InChI is InChI=1S/C21H20F3N3O2/c1-3-14-8-10-15(11-9-14)12-25-19(28)13(2)27-17-7-5-4-6-16(17)26-18(20(27)29)21(22,23)24/h4-11,13H,3,12H2,1-2H3,(H,25,28). The second kappa shape index (κ2) is 8.06. The van der Waals surface area contributed by atoms with Crippen molar-refractivity contribution in [1.29, 1.82) is 0 Å². The summed E-state index contributed by atoms with van der Waals surface area (Å²) in [5, 5.41) is 2.68. The van der Waals surface area contributed by atoms with E-state index in [1.807, 2.05) is 31.2 Å². The lowest BCUT2D eigenvalue weighted by atomic mass is 10.1. The van der Waals surface area contributed by atoms with Gasteiger partial charge in [0.1, 0.15) is 6.04 Å². The molecule has 0 radical (unpaired) electrons. The SMILES string of the molecule is CCc1ccc(CNC(=O)C(C)n2c(=O)c(C(F)(F)F)nc3ccccc32)cc1. The van der Waals surface area contributed by atoms with Gasteiger partial charge in [0.25, 0.3) is 5.56 Å². The molecule has 3 aromatic rings. The molecule has 0 aliphatic rings. The summed E-state index contributed by atoms with van der Waals surface area (Å²) in [6.07, 6.45) is -4.02. The second-order valence-corrected chi connectivity index (χ2v) is 6.69. The van der Waals surface area contributed by atoms with Crippen molar-refractivity contribution < 1.29 is 18.0 Å². The van der Waals surface area contributed by atoms with Crippen LogP contribution in [-0.2, 0) is 23.9 Å². The molecule has 2 aromatic carbocycles. The minimum Gasteiger partial charge on any atom is -0.350 e. The molecule has 1 amide bonds. The lowest BCUT2D eigenvalue weighted by Gasteiger charge is -2.19. The van der Waals surface area contributed by atoms with Crippen LogP contribution in [0.4, 0.5) is 13.2 Å². The Kier molecular flexibility index (Phi) is 5.72. The monoisotopic (exact) mass is 403 g/mol. The van der Waals surface area contributed by atoms with Crippen LogP contribution in [0.15, 0.2) is 53.3 Å². The molecule has 0 bridgehead atoms. The quantitative estimate of drug-likeness (QED) is 0.704. The van der Waals surface area contributed by atoms with E-state index in [0.29, 0.717) is 0 Å². The van der Waals surface area contributed by atoms with E-state index < -0.39 is 29.4 Å². The number of para-hydroxylation sites is 2. The Labute approximate surface area is 165 Å². The van der Waals surface area contributed by atoms with Crippen molar-refractivity contribution in [2.45, 2.75) is 39.0 Å². The van der Waals surface area contributed by atoms with Crippen LogP contribution in [0.25, 0.3) is 11.0 Å². The number of hydrogen-bond donors (Lipinski definition) is 1. The Morgan fingerprint density at radius 1 is 1.10 bits per heavy atom. The van der Waals surface area contributed by atoms with E-state index in [9.17, 15) is 22.8 Å². The van der Waals surface area contributed by atoms with E-state index >= 15 is 0 Å². The maximum absolute atomic E-state index is 13.3. The van der Waals surface area contributed by atoms with E-state index in [0.717, 1.165) is 22.1 Å². The summed E-state index contributed by atoms with van der Waals surface area (Å²) >= 11 is 0. The molecule has 0 aliphatic heterocycles. The number of amides is 1. The predicted molar refractivity (Wildman–Crippen MR) is 103 cm³/mol. The summed E-state index contributed by atoms with van der Waals surface area (Å²) in [5.41, 5.74) is -0.708. The van der Waals surface area contributed by atoms with Gasteiger partial charge in [0.2, 0.25) is 11.6 Å². The minimum absolute atomic E-state index is 0.00534. The van der Waals surface area contributed by atoms with Gasteiger partial charge in [0, 0.05) is 6.54 Å². The van der Waals surface area contributed by atoms with Crippen molar-refractivity contribution >= 4 is 16.9 Å². The van der Waals surface area contributed by atoms with E-state index in [1.54, 1.807) is 6.07 Å². The van der Waals surface area contributed by atoms with Gasteiger partial charge in [-0.25, -0.2) is 4.98 Å². The van der Waals surface area contributed by atoms with Crippen LogP contribution in [0.1, 0.15) is 36.7 Å². The number of carbonyl (C=O) groups excluding carboxylic acids is 1. The lowest BCUT2D eigenvalue weighted by molar-refractivity contribution is -0.142. The van der Waals surface area contributed by atoms with Gasteiger partial charge in [-0.05, 0) is 36.6 Å². The number of carbonyl (C=O) groups is 1. The van der Waals surface area contributed by atoms with Crippen molar-refractivity contribution in [3.63, 3.8) is 0 Å². The summed E-state index contributed by atoms with van der Waals surface area (Å²) in [5.74, 6) is -0.559. The second-order valence-electron chi connectivity index (χ2n) is 6.69. The number of rotatable bonds is 5. The average molecular weight is 403 g/mol. The van der Waals surface area contributed by atoms with Crippen molar-refractivity contribution in [2.24, 2.45) is 0 Å². The zero-order valence-electron chi connectivity index (χ0n) is 16.0. The summed E-state index contributed by atoms with van der Waals surface area (Å²) in [7, 11) is 0. The van der Waals surface area contributed by atoms with E-state index in [1.165, 1.54) is 25.1 Å². The molecule has 8 heteroatoms. The highest BCUT2D eigenvalue weighted by molar-refractivity contribution is 5.83. The zero-order chi connectivity index (χ0) is 21.2. The van der Waals surface area contributed by atoms with E-state index in [2.05, 4.69) is 10.3 Å². The van der Waals surface area contributed by atoms with Gasteiger partial charge in [0.15, 0.2) is 0 Å². The molecule has 1 atom stereocenters. The van der Waals surface area contributed by atoms with Gasteiger partial charge in [-0.2, -0.15) is 13.2 Å². The number of fused-ring (bicyclic) bond motifs is 1. The molecule has 5 nitrogen and oxygen atoms in total. The fourth-order valence-corrected chi connectivity index (χ4v) is 3.07. The maximum Gasteiger partial charge on any atom is 0.438 e. The van der Waals surface area contributed by atoms with Crippen molar-refractivity contribution in [2.75, 3.05) is 0 Å². The Morgan fingerprint density at radius 2 is 1.72 bits per heavy atom. The Hall–Kier alpha value is -3.16. The van der Waals surface area contributed by atoms with Crippen LogP contribution in [0.2, 0.25) is 0 Å². The number of hydrogen-bond acceptors (Lipinski definition) is 3. The first kappa shape index (κ1) is 20.6. The molecule has 152 valence electrons. The molecule has 0 aliphatic carbocycles. The van der Waals surface area contributed by atoms with Gasteiger partial charge in [0.05, 0.1) is 11.0 Å². The summed E-state index contributed by atoms with van der Waals surface area (Å²) in [6, 6.07) is 12.4. The molecule has 0 saturated heterocycles. The van der Waals surface area contributed by atoms with Crippen molar-refractivity contribution in [1.82, 2.24) is 14.9 Å². The van der Waals surface area contributed by atoms with Crippen LogP contribution in [0.3, 0.4) is 0 Å². The molecule has 1 unspecified atom stereocenters. The van der Waals surface area contributed by atoms with Gasteiger partial charge >= 0.3 is 6.18 Å². The van der Waals surface area contributed by atoms with Crippen molar-refractivity contribution in [3.05, 3.63) is 75.7 Å². The summed E-state index contributed by atoms with van der Waals surface area (Å²) in [6.45, 7) is 3.63. The topological polar surface area (TPSA) is 64.0 Å². The molecule has 1 aromatic heterocycles. The highest BCUT2D eigenvalue weighted by Gasteiger charge is 2.38. The van der Waals surface area contributed by atoms with Crippen LogP contribution in [0, 0.1) is 0 Å². The van der Waals surface area contributed by atoms with Crippen LogP contribution in [-0.4, -0.2) is 15.5 Å². The van der Waals surface area contributed by atoms with E-state index in [4.69, 9.17) is 0 Å². The van der Waals surface area contributed by atoms with Crippen LogP contribution >= 0.6 is 0 Å². The molecule has 1 heterocycles. The third-order valence-corrected chi connectivity index (χ3v) is 4.73. The number of benzene rings is 2. The molecular formula is C21H20F3N3O2. The maximum atomic E-state index is 13.3. The first-order valence-electron chi connectivity index (χ1n) is 9.16. The van der Waals surface area contributed by atoms with Crippen LogP contribution < -0.4 is 10.9 Å². The molecule has 3 rings (SSSR count). The highest BCUT2D eigenvalue weighted by Crippen LogP contribution is 2.27. The third-order valence-electron chi connectivity index (χ3n) is 4.73. The molecular weight excluding hydrogens is 383 g/mol. The number of halogens is 3. The Morgan fingerprint density at radius 3 is 2.34 bits per heavy atom. The number of nitrogens with zero attached hydrogens (tertiary/aromatic N) is 2. The molecule has 0 fully saturated rings. The lowest BCUT2D eigenvalue weighted by Crippen LogP contribution is -2.38. The fraction of sp³-hybridized carbons (Fsp3) is 0.286.